The Morgan fingerprint density at radius 3 is 2.53 bits per heavy atom. The molecule has 1 saturated carbocycles. The summed E-state index contributed by atoms with van der Waals surface area (Å²) in [6.45, 7) is 2.29. The highest BCUT2D eigenvalue weighted by Gasteiger charge is 2.31. The summed E-state index contributed by atoms with van der Waals surface area (Å²) in [4.78, 5) is 2.25. The average Bonchev–Trinajstić information content (AvgIpc) is 3.14. The Hall–Kier alpha value is -0.860. The lowest BCUT2D eigenvalue weighted by Gasteiger charge is -2.19. The maximum absolute atomic E-state index is 3.73. The van der Waals surface area contributed by atoms with Gasteiger partial charge in [-0.25, -0.2) is 0 Å². The van der Waals surface area contributed by atoms with Gasteiger partial charge >= 0.3 is 0 Å². The topological polar surface area (TPSA) is 15.3 Å². The first-order chi connectivity index (χ1) is 8.27. The molecular formula is C15H24N2. The number of nitrogens with one attached hydrogen (secondary N) is 1. The predicted molar refractivity (Wildman–Crippen MR) is 73.1 cm³/mol. The summed E-state index contributed by atoms with van der Waals surface area (Å²) in [5, 5.41) is 3.73. The summed E-state index contributed by atoms with van der Waals surface area (Å²) in [7, 11) is 4.27. The van der Waals surface area contributed by atoms with Gasteiger partial charge in [0.25, 0.3) is 0 Å². The fourth-order valence-electron chi connectivity index (χ4n) is 2.30. The van der Waals surface area contributed by atoms with E-state index in [2.05, 4.69) is 54.6 Å². The zero-order valence-electron chi connectivity index (χ0n) is 11.0. The Labute approximate surface area is 105 Å². The highest BCUT2D eigenvalue weighted by molar-refractivity contribution is 5.21. The van der Waals surface area contributed by atoms with Crippen LogP contribution in [0.4, 0.5) is 0 Å². The molecule has 0 aliphatic heterocycles. The van der Waals surface area contributed by atoms with Crippen LogP contribution < -0.4 is 5.32 Å². The van der Waals surface area contributed by atoms with Gasteiger partial charge in [0, 0.05) is 6.04 Å². The minimum atomic E-state index is 0.582. The van der Waals surface area contributed by atoms with Crippen molar-refractivity contribution < 1.29 is 0 Å². The fourth-order valence-corrected chi connectivity index (χ4v) is 2.30. The van der Waals surface area contributed by atoms with Gasteiger partial charge in [-0.2, -0.15) is 0 Å². The second kappa shape index (κ2) is 6.18. The molecule has 1 atom stereocenters. The molecule has 0 spiro atoms. The molecule has 1 aliphatic rings. The van der Waals surface area contributed by atoms with Gasteiger partial charge < -0.3 is 10.2 Å². The maximum Gasteiger partial charge on any atom is 0.0348 e. The number of hydrogen-bond acceptors (Lipinski definition) is 2. The van der Waals surface area contributed by atoms with E-state index >= 15 is 0 Å². The normalized spacial score (nSPS) is 17.4. The van der Waals surface area contributed by atoms with Crippen molar-refractivity contribution in [3.05, 3.63) is 35.9 Å². The molecule has 1 aliphatic carbocycles. The smallest absolute Gasteiger partial charge is 0.0348 e. The molecule has 1 N–H and O–H groups in total. The first-order valence-corrected chi connectivity index (χ1v) is 6.70. The van der Waals surface area contributed by atoms with Crippen LogP contribution in [0.25, 0.3) is 0 Å². The summed E-state index contributed by atoms with van der Waals surface area (Å²) < 4.78 is 0. The van der Waals surface area contributed by atoms with Crippen LogP contribution >= 0.6 is 0 Å². The summed E-state index contributed by atoms with van der Waals surface area (Å²) >= 11 is 0. The minimum Gasteiger partial charge on any atom is -0.310 e. The Bertz CT molecular complexity index is 317. The van der Waals surface area contributed by atoms with Gasteiger partial charge in [-0.05, 0) is 57.9 Å². The summed E-state index contributed by atoms with van der Waals surface area (Å²) in [6, 6.07) is 11.5. The quantitative estimate of drug-likeness (QED) is 0.727. The van der Waals surface area contributed by atoms with Crippen molar-refractivity contribution in [2.75, 3.05) is 27.2 Å². The molecule has 1 aromatic carbocycles. The van der Waals surface area contributed by atoms with E-state index in [1.54, 1.807) is 0 Å². The van der Waals surface area contributed by atoms with Crippen molar-refractivity contribution in [3.63, 3.8) is 0 Å². The van der Waals surface area contributed by atoms with Gasteiger partial charge in [-0.15, -0.1) is 0 Å². The van der Waals surface area contributed by atoms with Crippen LogP contribution in [0.2, 0.25) is 0 Å². The highest BCUT2D eigenvalue weighted by atomic mass is 15.1. The molecule has 0 heterocycles. The first-order valence-electron chi connectivity index (χ1n) is 6.70. The second-order valence-electron chi connectivity index (χ2n) is 5.34. The molecule has 94 valence electrons. The molecular weight excluding hydrogens is 208 g/mol. The SMILES string of the molecule is CN(C)CCCNC(c1ccccc1)C1CC1. The predicted octanol–water partition coefficient (Wildman–Crippen LogP) is 2.68. The van der Waals surface area contributed by atoms with E-state index in [4.69, 9.17) is 0 Å². The largest absolute Gasteiger partial charge is 0.310 e. The molecule has 2 heteroatoms. The summed E-state index contributed by atoms with van der Waals surface area (Å²) in [5.41, 5.74) is 1.46. The first kappa shape index (κ1) is 12.6. The lowest BCUT2D eigenvalue weighted by atomic mass is 10.0. The van der Waals surface area contributed by atoms with E-state index in [-0.39, 0.29) is 0 Å². The van der Waals surface area contributed by atoms with Gasteiger partial charge in [0.15, 0.2) is 0 Å². The van der Waals surface area contributed by atoms with E-state index in [1.807, 2.05) is 0 Å². The van der Waals surface area contributed by atoms with Crippen molar-refractivity contribution in [2.45, 2.75) is 25.3 Å². The van der Waals surface area contributed by atoms with Crippen molar-refractivity contribution in [2.24, 2.45) is 5.92 Å². The van der Waals surface area contributed by atoms with E-state index in [9.17, 15) is 0 Å². The maximum atomic E-state index is 3.73. The Morgan fingerprint density at radius 2 is 1.94 bits per heavy atom. The zero-order chi connectivity index (χ0) is 12.1. The van der Waals surface area contributed by atoms with Gasteiger partial charge in [0.05, 0.1) is 0 Å². The van der Waals surface area contributed by atoms with Crippen molar-refractivity contribution >= 4 is 0 Å². The van der Waals surface area contributed by atoms with Gasteiger partial charge in [0.2, 0.25) is 0 Å². The van der Waals surface area contributed by atoms with Crippen LogP contribution in [-0.2, 0) is 0 Å². The standard InChI is InChI=1S/C15H24N2/c1-17(2)12-6-11-16-15(14-9-10-14)13-7-4-3-5-8-13/h3-5,7-8,14-16H,6,9-12H2,1-2H3. The monoisotopic (exact) mass is 232 g/mol. The van der Waals surface area contributed by atoms with Crippen molar-refractivity contribution in [1.29, 1.82) is 0 Å². The third-order valence-corrected chi connectivity index (χ3v) is 3.40. The van der Waals surface area contributed by atoms with Gasteiger partial charge in [-0.1, -0.05) is 30.3 Å². The van der Waals surface area contributed by atoms with Crippen LogP contribution in [0.5, 0.6) is 0 Å². The Morgan fingerprint density at radius 1 is 1.24 bits per heavy atom. The average molecular weight is 232 g/mol. The molecule has 0 saturated heterocycles. The minimum absolute atomic E-state index is 0.582. The molecule has 1 fully saturated rings. The highest BCUT2D eigenvalue weighted by Crippen LogP contribution is 2.40. The number of rotatable bonds is 7. The molecule has 0 bridgehead atoms. The third-order valence-electron chi connectivity index (χ3n) is 3.40. The van der Waals surface area contributed by atoms with E-state index in [0.29, 0.717) is 6.04 Å². The zero-order valence-corrected chi connectivity index (χ0v) is 11.0. The Balaban J connectivity index is 1.82. The number of hydrogen-bond donors (Lipinski definition) is 1. The summed E-state index contributed by atoms with van der Waals surface area (Å²) in [5.74, 6) is 0.872. The molecule has 1 unspecified atom stereocenters. The molecule has 17 heavy (non-hydrogen) atoms. The van der Waals surface area contributed by atoms with Crippen LogP contribution in [0, 0.1) is 5.92 Å². The van der Waals surface area contributed by atoms with E-state index in [1.165, 1.54) is 31.4 Å². The van der Waals surface area contributed by atoms with Crippen LogP contribution in [0.1, 0.15) is 30.9 Å². The molecule has 0 amide bonds. The van der Waals surface area contributed by atoms with E-state index in [0.717, 1.165) is 12.5 Å². The molecule has 0 aromatic heterocycles. The van der Waals surface area contributed by atoms with Crippen LogP contribution in [0.15, 0.2) is 30.3 Å². The molecule has 2 rings (SSSR count). The molecule has 2 nitrogen and oxygen atoms in total. The van der Waals surface area contributed by atoms with Gasteiger partial charge in [0.1, 0.15) is 0 Å². The van der Waals surface area contributed by atoms with E-state index < -0.39 is 0 Å². The lowest BCUT2D eigenvalue weighted by molar-refractivity contribution is 0.380. The number of benzene rings is 1. The lowest BCUT2D eigenvalue weighted by Crippen LogP contribution is -2.26. The van der Waals surface area contributed by atoms with Crippen LogP contribution in [0.3, 0.4) is 0 Å². The summed E-state index contributed by atoms with van der Waals surface area (Å²) in [6.07, 6.45) is 4.00. The fraction of sp³-hybridized carbons (Fsp3) is 0.600. The molecule has 1 aromatic rings. The number of nitrogens with zero attached hydrogens (tertiary/aromatic N) is 1. The molecule has 0 radical (unpaired) electrons. The Kier molecular flexibility index (Phi) is 4.57. The van der Waals surface area contributed by atoms with Crippen LogP contribution in [-0.4, -0.2) is 32.1 Å². The van der Waals surface area contributed by atoms with Crippen molar-refractivity contribution in [3.8, 4) is 0 Å². The van der Waals surface area contributed by atoms with Crippen molar-refractivity contribution in [1.82, 2.24) is 10.2 Å². The second-order valence-corrected chi connectivity index (χ2v) is 5.34. The third kappa shape index (κ3) is 4.14. The van der Waals surface area contributed by atoms with Gasteiger partial charge in [-0.3, -0.25) is 0 Å².